The Balaban J connectivity index is 0.000000171. The van der Waals surface area contributed by atoms with Gasteiger partial charge in [-0.2, -0.15) is 5.10 Å². The van der Waals surface area contributed by atoms with E-state index >= 15 is 4.39 Å². The molecule has 18 nitrogen and oxygen atoms in total. The van der Waals surface area contributed by atoms with Crippen LogP contribution in [0.15, 0.2) is 279 Å². The fourth-order valence-corrected chi connectivity index (χ4v) is 13.2. The van der Waals surface area contributed by atoms with Crippen LogP contribution in [0.3, 0.4) is 0 Å². The third-order valence-corrected chi connectivity index (χ3v) is 19.9. The van der Waals surface area contributed by atoms with E-state index in [0.29, 0.717) is 40.4 Å². The van der Waals surface area contributed by atoms with E-state index in [1.54, 1.807) is 70.4 Å². The second kappa shape index (κ2) is 39.7. The molecule has 115 heavy (non-hydrogen) atoms. The zero-order chi connectivity index (χ0) is 82.4. The van der Waals surface area contributed by atoms with Crippen LogP contribution in [0, 0.1) is 11.7 Å². The first-order valence-corrected chi connectivity index (χ1v) is 37.7. The van der Waals surface area contributed by atoms with Crippen LogP contribution in [0.2, 0.25) is 5.02 Å². The third kappa shape index (κ3) is 22.3. The van der Waals surface area contributed by atoms with Crippen molar-refractivity contribution in [2.24, 2.45) is 13.0 Å². The maximum absolute atomic E-state index is 15.6. The SMILES string of the molecule is COC(=O)/C=C/c1cccc(N(Cc2ccc(-c3ccc(N(C)C)cc3)cc2)C(=O)c2ccccc2)c1.COC(=O)/C=C/c1cccc(N(Cc2ccc(-c3ccc(N(C)C)cc3)cc2Cl)C(=O)C2CCN(C)CC2)c1.[2H]C(c1ccc(-c2ccc3c(cnn3C)c2)cc1F)N(C(=O)c1ccccc1)c1cncc(/C=C/C(=O)OC)c1. The number of halogens is 2. The lowest BCUT2D eigenvalue weighted by molar-refractivity contribution is -0.135. The summed E-state index contributed by atoms with van der Waals surface area (Å²) < 4.78 is 40.4. The summed E-state index contributed by atoms with van der Waals surface area (Å²) >= 11 is 6.82. The van der Waals surface area contributed by atoms with Gasteiger partial charge in [0.1, 0.15) is 5.82 Å². The van der Waals surface area contributed by atoms with E-state index in [9.17, 15) is 28.8 Å². The van der Waals surface area contributed by atoms with Crippen LogP contribution >= 0.6 is 11.6 Å². The standard InChI is InChI=1S/C32H36ClN3O3.C32H30N2O3.C31H25FN4O3/c1-34(2)28-13-11-24(12-14-28)26-9-10-27(30(33)21-26)22-36(32(38)25-16-18-35(3)19-17-25)29-7-5-6-23(20-29)8-15-31(37)39-4;1-33(2)29-19-17-27(18-20-29)26-15-12-25(13-16-26)23-34(32(36)28-9-5-4-6-10-28)30-11-7-8-24(22-30)14-21-31(35)37-3;1-35-29-12-11-23(15-26(29)18-34-35)24-9-10-25(28(32)16-24)20-36(31(38)22-6-4-3-5-7-22)27-14-21(17-33-19-27)8-13-30(37)39-2/h5-15,20-21,25H,16-19,22H2,1-4H3;4-22H,23H2,1-3H3;3-19H,20H2,1-2H3/b15-8+;21-14+;13-8+/i;;20D. The van der Waals surface area contributed by atoms with Gasteiger partial charge in [-0.15, -0.1) is 0 Å². The molecule has 1 aliphatic heterocycles. The molecule has 1 unspecified atom stereocenters. The second-order valence-corrected chi connectivity index (χ2v) is 28.2. The zero-order valence-electron chi connectivity index (χ0n) is 66.6. The number of aryl methyl sites for hydroxylation is 1. The molecule has 0 aliphatic carbocycles. The molecule has 1 saturated heterocycles. The number of nitrogens with zero attached hydrogens (tertiary/aromatic N) is 9. The molecule has 3 heterocycles. The first-order valence-electron chi connectivity index (χ1n) is 37.9. The molecule has 13 rings (SSSR count). The highest BCUT2D eigenvalue weighted by atomic mass is 35.5. The van der Waals surface area contributed by atoms with Crippen LogP contribution < -0.4 is 24.5 Å². The minimum absolute atomic E-state index is 0.0194. The number of pyridine rings is 1. The number of hydrogen-bond donors (Lipinski definition) is 0. The molecule has 12 aromatic rings. The highest BCUT2D eigenvalue weighted by Crippen LogP contribution is 2.34. The van der Waals surface area contributed by atoms with E-state index in [1.165, 1.54) is 75.1 Å². The largest absolute Gasteiger partial charge is 0.466 e. The summed E-state index contributed by atoms with van der Waals surface area (Å²) in [5, 5.41) is 5.80. The number of ether oxygens (including phenoxy) is 3. The van der Waals surface area contributed by atoms with Gasteiger partial charge < -0.3 is 43.6 Å². The topological polar surface area (TPSA) is 180 Å². The lowest BCUT2D eigenvalue weighted by Gasteiger charge is -2.33. The zero-order valence-corrected chi connectivity index (χ0v) is 66.4. The van der Waals surface area contributed by atoms with Gasteiger partial charge in [0.25, 0.3) is 11.8 Å². The Bertz CT molecular complexity index is 5520. The number of methoxy groups -OCH3 is 3. The Morgan fingerprint density at radius 3 is 1.45 bits per heavy atom. The summed E-state index contributed by atoms with van der Waals surface area (Å²) in [4.78, 5) is 91.2. The van der Waals surface area contributed by atoms with Gasteiger partial charge in [0, 0.05) is 115 Å². The van der Waals surface area contributed by atoms with Crippen molar-refractivity contribution in [3.63, 3.8) is 0 Å². The van der Waals surface area contributed by atoms with Gasteiger partial charge in [0.15, 0.2) is 0 Å². The van der Waals surface area contributed by atoms with Crippen molar-refractivity contribution in [3.05, 3.63) is 335 Å². The number of likely N-dealkylation sites (tertiary alicyclic amines) is 1. The number of anilines is 5. The maximum Gasteiger partial charge on any atom is 0.330 e. The van der Waals surface area contributed by atoms with Gasteiger partial charge in [-0.05, 0) is 216 Å². The summed E-state index contributed by atoms with van der Waals surface area (Å²) in [5.41, 5.74) is 15.8. The van der Waals surface area contributed by atoms with E-state index in [-0.39, 0.29) is 29.0 Å². The van der Waals surface area contributed by atoms with Gasteiger partial charge in [0.05, 0.1) is 65.9 Å². The predicted octanol–water partition coefficient (Wildman–Crippen LogP) is 18.4. The van der Waals surface area contributed by atoms with E-state index in [0.717, 1.165) is 110 Å². The third-order valence-electron chi connectivity index (χ3n) is 19.5. The van der Waals surface area contributed by atoms with Crippen molar-refractivity contribution < 1.29 is 48.7 Å². The number of fused-ring (bicyclic) bond motifs is 1. The van der Waals surface area contributed by atoms with E-state index in [2.05, 4.69) is 115 Å². The Labute approximate surface area is 677 Å². The minimum atomic E-state index is -1.43. The minimum Gasteiger partial charge on any atom is -0.466 e. The number of benzene rings is 10. The molecule has 3 amide bonds. The quantitative estimate of drug-likeness (QED) is 0.0335. The summed E-state index contributed by atoms with van der Waals surface area (Å²) in [6, 6.07) is 75.9. The number of hydrogen-bond acceptors (Lipinski definition) is 14. The molecule has 10 aromatic carbocycles. The first kappa shape index (κ1) is 81.1. The monoisotopic (exact) mass is 1560 g/mol. The van der Waals surface area contributed by atoms with Gasteiger partial charge >= 0.3 is 17.9 Å². The summed E-state index contributed by atoms with van der Waals surface area (Å²) in [6.07, 6.45) is 15.1. The van der Waals surface area contributed by atoms with Crippen LogP contribution in [-0.4, -0.2) is 125 Å². The summed E-state index contributed by atoms with van der Waals surface area (Å²) in [5.74, 6) is -2.59. The Kier molecular flexibility index (Phi) is 28.0. The first-order chi connectivity index (χ1) is 56.0. The lowest BCUT2D eigenvalue weighted by Crippen LogP contribution is -2.41. The molecular weight excluding hydrogens is 1470 g/mol. The number of esters is 3. The second-order valence-electron chi connectivity index (χ2n) is 27.8. The molecule has 0 spiro atoms. The number of carbonyl (C=O) groups is 6. The molecule has 0 saturated carbocycles. The van der Waals surface area contributed by atoms with Crippen molar-refractivity contribution in [2.75, 3.05) is 94.2 Å². The van der Waals surface area contributed by atoms with Gasteiger partial charge in [-0.1, -0.05) is 151 Å². The van der Waals surface area contributed by atoms with E-state index in [1.807, 2.05) is 149 Å². The molecule has 0 N–H and O–H groups in total. The number of piperidine rings is 1. The molecular formula is C95H91ClFN9O9. The highest BCUT2D eigenvalue weighted by molar-refractivity contribution is 6.31. The summed E-state index contributed by atoms with van der Waals surface area (Å²) in [6.45, 7) is 1.12. The Morgan fingerprint density at radius 1 is 0.470 bits per heavy atom. The van der Waals surface area contributed by atoms with Crippen LogP contribution in [0.5, 0.6) is 0 Å². The van der Waals surface area contributed by atoms with Crippen molar-refractivity contribution in [1.29, 1.82) is 0 Å². The van der Waals surface area contributed by atoms with Crippen LogP contribution in [0.1, 0.15) is 68.3 Å². The molecule has 20 heteroatoms. The molecule has 0 radical (unpaired) electrons. The van der Waals surface area contributed by atoms with Crippen molar-refractivity contribution in [2.45, 2.75) is 32.5 Å². The molecule has 1 atom stereocenters. The fourth-order valence-electron chi connectivity index (χ4n) is 12.9. The van der Waals surface area contributed by atoms with E-state index < -0.39 is 36.2 Å². The van der Waals surface area contributed by atoms with Gasteiger partial charge in [-0.25, -0.2) is 18.8 Å². The molecule has 584 valence electrons. The van der Waals surface area contributed by atoms with Crippen molar-refractivity contribution >= 4 is 105 Å². The van der Waals surface area contributed by atoms with Gasteiger partial charge in [0.2, 0.25) is 5.91 Å². The predicted molar refractivity (Wildman–Crippen MR) is 459 cm³/mol. The van der Waals surface area contributed by atoms with E-state index in [4.69, 9.17) is 22.4 Å². The van der Waals surface area contributed by atoms with Gasteiger partial charge in [-0.3, -0.25) is 24.0 Å². The smallest absolute Gasteiger partial charge is 0.330 e. The Morgan fingerprint density at radius 2 is 0.930 bits per heavy atom. The average molecular weight is 1560 g/mol. The maximum atomic E-state index is 15.6. The molecule has 1 aliphatic rings. The molecule has 1 fully saturated rings. The van der Waals surface area contributed by atoms with Crippen molar-refractivity contribution in [3.8, 4) is 33.4 Å². The van der Waals surface area contributed by atoms with Crippen LogP contribution in [-0.2, 0) is 60.0 Å². The number of rotatable bonds is 23. The Hall–Kier alpha value is -13.4. The normalized spacial score (nSPS) is 12.5. The number of carbonyl (C=O) groups excluding carboxylic acids is 6. The molecule has 0 bridgehead atoms. The van der Waals surface area contributed by atoms with Crippen molar-refractivity contribution in [1.82, 2.24) is 19.7 Å². The van der Waals surface area contributed by atoms with Crippen LogP contribution in [0.25, 0.3) is 62.5 Å². The average Bonchev–Trinajstić information content (AvgIpc) is 1.16. The number of amides is 3. The number of aromatic nitrogens is 3. The molecule has 2 aromatic heterocycles. The lowest BCUT2D eigenvalue weighted by atomic mass is 9.94. The highest BCUT2D eigenvalue weighted by Gasteiger charge is 2.30. The summed E-state index contributed by atoms with van der Waals surface area (Å²) in [7, 11) is 16.0. The van der Waals surface area contributed by atoms with Crippen LogP contribution in [0.4, 0.5) is 32.8 Å². The fraction of sp³-hybridized carbons (Fsp3) is 0.179.